The van der Waals surface area contributed by atoms with E-state index in [0.717, 1.165) is 5.92 Å². The van der Waals surface area contributed by atoms with Gasteiger partial charge in [0.05, 0.1) is 0 Å². The minimum Gasteiger partial charge on any atom is -0.317 e. The quantitative estimate of drug-likeness (QED) is 0.702. The van der Waals surface area contributed by atoms with Gasteiger partial charge in [0, 0.05) is 6.04 Å². The van der Waals surface area contributed by atoms with Gasteiger partial charge in [-0.1, -0.05) is 50.5 Å². The summed E-state index contributed by atoms with van der Waals surface area (Å²) in [5, 5.41) is 3.54. The predicted molar refractivity (Wildman–Crippen MR) is 83.7 cm³/mol. The molecule has 2 rings (SSSR count). The van der Waals surface area contributed by atoms with E-state index < -0.39 is 0 Å². The fraction of sp³-hybridized carbons (Fsp3) is 0.667. The van der Waals surface area contributed by atoms with Gasteiger partial charge >= 0.3 is 0 Å². The third-order valence-electron chi connectivity index (χ3n) is 4.63. The van der Waals surface area contributed by atoms with E-state index in [2.05, 4.69) is 43.6 Å². The van der Waals surface area contributed by atoms with Crippen LogP contribution in [0, 0.1) is 0 Å². The highest BCUT2D eigenvalue weighted by molar-refractivity contribution is 5.32. The average Bonchev–Trinajstić information content (AvgIpc) is 2.46. The van der Waals surface area contributed by atoms with Crippen LogP contribution in [0.1, 0.15) is 68.9 Å². The zero-order valence-electron chi connectivity index (χ0n) is 12.6. The number of rotatable bonds is 7. The molecule has 1 nitrogen and oxygen atoms in total. The van der Waals surface area contributed by atoms with E-state index in [1.165, 1.54) is 51.4 Å². The Morgan fingerprint density at radius 2 is 2.11 bits per heavy atom. The Bertz CT molecular complexity index is 372. The smallest absolute Gasteiger partial charge is 0.00698 e. The van der Waals surface area contributed by atoms with E-state index in [1.807, 2.05) is 0 Å². The van der Waals surface area contributed by atoms with Crippen molar-refractivity contribution < 1.29 is 0 Å². The number of hydrogen-bond donors (Lipinski definition) is 1. The topological polar surface area (TPSA) is 12.0 Å². The molecule has 0 spiro atoms. The molecule has 19 heavy (non-hydrogen) atoms. The SMILES string of the molecule is CCCCCC(CC1CCCc2ccccc21)NC. The first kappa shape index (κ1) is 14.6. The molecule has 1 aliphatic rings. The Kier molecular flexibility index (Phi) is 5.91. The minimum atomic E-state index is 0.697. The number of fused-ring (bicyclic) bond motifs is 1. The molecule has 0 radical (unpaired) electrons. The molecule has 1 aliphatic carbocycles. The van der Waals surface area contributed by atoms with Crippen molar-refractivity contribution in [1.29, 1.82) is 0 Å². The maximum atomic E-state index is 3.54. The first-order valence-corrected chi connectivity index (χ1v) is 8.10. The predicted octanol–water partition coefficient (Wildman–Crippen LogP) is 4.66. The maximum absolute atomic E-state index is 3.54. The first-order chi connectivity index (χ1) is 9.35. The van der Waals surface area contributed by atoms with Crippen molar-refractivity contribution in [2.24, 2.45) is 0 Å². The van der Waals surface area contributed by atoms with E-state index >= 15 is 0 Å². The average molecular weight is 259 g/mol. The molecule has 1 aromatic rings. The highest BCUT2D eigenvalue weighted by Gasteiger charge is 2.22. The molecule has 106 valence electrons. The van der Waals surface area contributed by atoms with Crippen LogP contribution < -0.4 is 5.32 Å². The van der Waals surface area contributed by atoms with E-state index in [9.17, 15) is 0 Å². The molecule has 1 N–H and O–H groups in total. The number of benzene rings is 1. The molecule has 0 heterocycles. The molecule has 0 saturated heterocycles. The van der Waals surface area contributed by atoms with Crippen molar-refractivity contribution in [2.45, 2.75) is 70.3 Å². The Hall–Kier alpha value is -0.820. The fourth-order valence-electron chi connectivity index (χ4n) is 3.46. The summed E-state index contributed by atoms with van der Waals surface area (Å²) in [4.78, 5) is 0. The van der Waals surface area contributed by atoms with Gasteiger partial charge in [0.2, 0.25) is 0 Å². The lowest BCUT2D eigenvalue weighted by atomic mass is 9.79. The van der Waals surface area contributed by atoms with Crippen LogP contribution in [0.4, 0.5) is 0 Å². The Balaban J connectivity index is 1.94. The van der Waals surface area contributed by atoms with Gasteiger partial charge in [0.25, 0.3) is 0 Å². The fourth-order valence-corrected chi connectivity index (χ4v) is 3.46. The Labute approximate surface area is 118 Å². The second-order valence-corrected chi connectivity index (χ2v) is 6.01. The van der Waals surface area contributed by atoms with Crippen molar-refractivity contribution in [3.63, 3.8) is 0 Å². The van der Waals surface area contributed by atoms with Crippen molar-refractivity contribution in [3.8, 4) is 0 Å². The van der Waals surface area contributed by atoms with E-state index in [4.69, 9.17) is 0 Å². The lowest BCUT2D eigenvalue weighted by Gasteiger charge is -2.29. The van der Waals surface area contributed by atoms with Gasteiger partial charge in [-0.2, -0.15) is 0 Å². The summed E-state index contributed by atoms with van der Waals surface area (Å²) < 4.78 is 0. The lowest BCUT2D eigenvalue weighted by Crippen LogP contribution is -2.28. The molecular weight excluding hydrogens is 230 g/mol. The van der Waals surface area contributed by atoms with E-state index in [0.29, 0.717) is 6.04 Å². The lowest BCUT2D eigenvalue weighted by molar-refractivity contribution is 0.401. The molecule has 2 atom stereocenters. The van der Waals surface area contributed by atoms with Crippen LogP contribution in [-0.2, 0) is 6.42 Å². The molecule has 0 aromatic heterocycles. The van der Waals surface area contributed by atoms with Crippen LogP contribution >= 0.6 is 0 Å². The minimum absolute atomic E-state index is 0.697. The highest BCUT2D eigenvalue weighted by Crippen LogP contribution is 2.35. The standard InChI is InChI=1S/C18H29N/c1-3-4-5-12-17(19-2)14-16-11-8-10-15-9-6-7-13-18(15)16/h6-7,9,13,16-17,19H,3-5,8,10-12,14H2,1-2H3. The van der Waals surface area contributed by atoms with Gasteiger partial charge in [-0.15, -0.1) is 0 Å². The van der Waals surface area contributed by atoms with Gasteiger partial charge in [0.1, 0.15) is 0 Å². The van der Waals surface area contributed by atoms with Gasteiger partial charge in [-0.25, -0.2) is 0 Å². The van der Waals surface area contributed by atoms with E-state index in [1.54, 1.807) is 11.1 Å². The molecule has 1 aromatic carbocycles. The molecule has 2 unspecified atom stereocenters. The van der Waals surface area contributed by atoms with Crippen molar-refractivity contribution in [2.75, 3.05) is 7.05 Å². The van der Waals surface area contributed by atoms with Crippen LogP contribution in [0.2, 0.25) is 0 Å². The highest BCUT2D eigenvalue weighted by atomic mass is 14.9. The molecule has 0 amide bonds. The third kappa shape index (κ3) is 4.07. The summed E-state index contributed by atoms with van der Waals surface area (Å²) >= 11 is 0. The first-order valence-electron chi connectivity index (χ1n) is 8.10. The molecule has 0 bridgehead atoms. The maximum Gasteiger partial charge on any atom is 0.00698 e. The molecule has 0 saturated carbocycles. The van der Waals surface area contributed by atoms with Crippen LogP contribution in [0.25, 0.3) is 0 Å². The Morgan fingerprint density at radius 1 is 1.26 bits per heavy atom. The van der Waals surface area contributed by atoms with Crippen LogP contribution in [0.3, 0.4) is 0 Å². The number of hydrogen-bond acceptors (Lipinski definition) is 1. The molecular formula is C18H29N. The van der Waals surface area contributed by atoms with Gasteiger partial charge in [-0.05, 0) is 56.2 Å². The largest absolute Gasteiger partial charge is 0.317 e. The van der Waals surface area contributed by atoms with Gasteiger partial charge in [0.15, 0.2) is 0 Å². The van der Waals surface area contributed by atoms with Crippen molar-refractivity contribution in [1.82, 2.24) is 5.32 Å². The monoisotopic (exact) mass is 259 g/mol. The van der Waals surface area contributed by atoms with Gasteiger partial charge < -0.3 is 5.32 Å². The summed E-state index contributed by atoms with van der Waals surface area (Å²) in [7, 11) is 2.13. The second-order valence-electron chi connectivity index (χ2n) is 6.01. The normalized spacial score (nSPS) is 20.0. The Morgan fingerprint density at radius 3 is 2.89 bits per heavy atom. The third-order valence-corrected chi connectivity index (χ3v) is 4.63. The summed E-state index contributed by atoms with van der Waals surface area (Å²) in [6, 6.07) is 9.79. The van der Waals surface area contributed by atoms with Gasteiger partial charge in [-0.3, -0.25) is 0 Å². The summed E-state index contributed by atoms with van der Waals surface area (Å²) in [5.74, 6) is 0.782. The number of aryl methyl sites for hydroxylation is 1. The molecule has 1 heteroatoms. The summed E-state index contributed by atoms with van der Waals surface area (Å²) in [5.41, 5.74) is 3.23. The van der Waals surface area contributed by atoms with E-state index in [-0.39, 0.29) is 0 Å². The van der Waals surface area contributed by atoms with Crippen molar-refractivity contribution in [3.05, 3.63) is 35.4 Å². The van der Waals surface area contributed by atoms with Crippen LogP contribution in [0.15, 0.2) is 24.3 Å². The van der Waals surface area contributed by atoms with Crippen LogP contribution in [0.5, 0.6) is 0 Å². The summed E-state index contributed by atoms with van der Waals surface area (Å²) in [6.07, 6.45) is 10.8. The summed E-state index contributed by atoms with van der Waals surface area (Å²) in [6.45, 7) is 2.28. The number of nitrogens with one attached hydrogen (secondary N) is 1. The zero-order chi connectivity index (χ0) is 13.5. The van der Waals surface area contributed by atoms with Crippen LogP contribution in [-0.4, -0.2) is 13.1 Å². The number of unbranched alkanes of at least 4 members (excludes halogenated alkanes) is 2. The van der Waals surface area contributed by atoms with Crippen molar-refractivity contribution >= 4 is 0 Å². The second kappa shape index (κ2) is 7.69. The molecule has 0 fully saturated rings. The molecule has 0 aliphatic heterocycles. The zero-order valence-corrected chi connectivity index (χ0v) is 12.6.